The first-order valence-electron chi connectivity index (χ1n) is 9.97. The zero-order valence-corrected chi connectivity index (χ0v) is 16.3. The quantitative estimate of drug-likeness (QED) is 0.795. The van der Waals surface area contributed by atoms with Gasteiger partial charge in [0.25, 0.3) is 5.91 Å². The molecule has 28 heavy (non-hydrogen) atoms. The van der Waals surface area contributed by atoms with Gasteiger partial charge in [-0.1, -0.05) is 24.3 Å². The average molecular weight is 378 g/mol. The number of methoxy groups -OCH3 is 1. The minimum Gasteiger partial charge on any atom is -0.497 e. The molecule has 2 heterocycles. The second kappa shape index (κ2) is 8.05. The Morgan fingerprint density at radius 2 is 1.93 bits per heavy atom. The highest BCUT2D eigenvalue weighted by molar-refractivity contribution is 5.95. The molecular formula is C23H26N2O3. The molecule has 5 nitrogen and oxygen atoms in total. The molecule has 1 unspecified atom stereocenters. The fraction of sp³-hybridized carbons (Fsp3) is 0.391. The lowest BCUT2D eigenvalue weighted by molar-refractivity contribution is -0.128. The van der Waals surface area contributed by atoms with Gasteiger partial charge in [-0.2, -0.15) is 0 Å². The number of amides is 2. The van der Waals surface area contributed by atoms with Crippen molar-refractivity contribution < 1.29 is 14.3 Å². The van der Waals surface area contributed by atoms with Crippen molar-refractivity contribution in [3.63, 3.8) is 0 Å². The van der Waals surface area contributed by atoms with Gasteiger partial charge in [0, 0.05) is 31.6 Å². The third-order valence-corrected chi connectivity index (χ3v) is 5.73. The number of carbonyl (C=O) groups is 2. The highest BCUT2D eigenvalue weighted by Gasteiger charge is 2.30. The van der Waals surface area contributed by atoms with Gasteiger partial charge in [0.1, 0.15) is 5.75 Å². The predicted molar refractivity (Wildman–Crippen MR) is 107 cm³/mol. The molecule has 0 radical (unpaired) electrons. The highest BCUT2D eigenvalue weighted by Crippen LogP contribution is 2.34. The monoisotopic (exact) mass is 378 g/mol. The van der Waals surface area contributed by atoms with Crippen molar-refractivity contribution in [1.29, 1.82) is 0 Å². The number of likely N-dealkylation sites (tertiary alicyclic amines) is 2. The van der Waals surface area contributed by atoms with Crippen LogP contribution in [0.1, 0.15) is 53.2 Å². The van der Waals surface area contributed by atoms with Crippen LogP contribution in [0.2, 0.25) is 0 Å². The molecule has 0 aliphatic carbocycles. The van der Waals surface area contributed by atoms with Crippen LogP contribution in [0.5, 0.6) is 5.75 Å². The molecule has 0 aromatic heterocycles. The molecular weight excluding hydrogens is 352 g/mol. The van der Waals surface area contributed by atoms with Crippen LogP contribution in [0.25, 0.3) is 0 Å². The van der Waals surface area contributed by atoms with Crippen LogP contribution >= 0.6 is 0 Å². The van der Waals surface area contributed by atoms with Crippen LogP contribution in [0, 0.1) is 0 Å². The molecule has 146 valence electrons. The van der Waals surface area contributed by atoms with Gasteiger partial charge in [-0.15, -0.1) is 0 Å². The van der Waals surface area contributed by atoms with Crippen molar-refractivity contribution in [1.82, 2.24) is 9.80 Å². The highest BCUT2D eigenvalue weighted by atomic mass is 16.5. The van der Waals surface area contributed by atoms with Crippen molar-refractivity contribution in [2.24, 2.45) is 0 Å². The van der Waals surface area contributed by atoms with Crippen LogP contribution in [0.3, 0.4) is 0 Å². The molecule has 1 atom stereocenters. The van der Waals surface area contributed by atoms with E-state index >= 15 is 0 Å². The summed E-state index contributed by atoms with van der Waals surface area (Å²) in [7, 11) is 1.66. The summed E-state index contributed by atoms with van der Waals surface area (Å²) in [4.78, 5) is 29.0. The topological polar surface area (TPSA) is 49.9 Å². The van der Waals surface area contributed by atoms with Gasteiger partial charge in [-0.05, 0) is 54.7 Å². The summed E-state index contributed by atoms with van der Waals surface area (Å²) in [5.74, 6) is 1.09. The first-order chi connectivity index (χ1) is 13.7. The zero-order chi connectivity index (χ0) is 19.5. The maximum Gasteiger partial charge on any atom is 0.254 e. The Hall–Kier alpha value is -2.82. The standard InChI is InChI=1S/C23H26N2O3/c1-28-20-11-9-18(10-12-20)21-7-3-14-25(21)23(27)19-6-2-5-17(15-19)16-24-13-4-8-22(24)26/h2,5-6,9-12,15,21H,3-4,7-8,13-14,16H2,1H3. The normalized spacial score (nSPS) is 19.3. The van der Waals surface area contributed by atoms with Gasteiger partial charge in [-0.25, -0.2) is 0 Å². The second-order valence-electron chi connectivity index (χ2n) is 7.55. The molecule has 2 fully saturated rings. The Balaban J connectivity index is 1.51. The zero-order valence-electron chi connectivity index (χ0n) is 16.3. The Morgan fingerprint density at radius 3 is 2.64 bits per heavy atom. The Morgan fingerprint density at radius 1 is 1.11 bits per heavy atom. The fourth-order valence-electron chi connectivity index (χ4n) is 4.24. The third-order valence-electron chi connectivity index (χ3n) is 5.73. The molecule has 4 rings (SSSR count). The summed E-state index contributed by atoms with van der Waals surface area (Å²) in [5, 5.41) is 0. The first kappa shape index (κ1) is 18.5. The Labute approximate surface area is 165 Å². The van der Waals surface area contributed by atoms with Crippen LogP contribution in [-0.4, -0.2) is 41.8 Å². The molecule has 2 aromatic rings. The van der Waals surface area contributed by atoms with Crippen molar-refractivity contribution in [3.05, 3.63) is 65.2 Å². The van der Waals surface area contributed by atoms with Crippen LogP contribution in [0.4, 0.5) is 0 Å². The summed E-state index contributed by atoms with van der Waals surface area (Å²) >= 11 is 0. The van der Waals surface area contributed by atoms with Crippen molar-refractivity contribution in [2.45, 2.75) is 38.3 Å². The first-order valence-corrected chi connectivity index (χ1v) is 9.97. The number of nitrogens with zero attached hydrogens (tertiary/aromatic N) is 2. The second-order valence-corrected chi connectivity index (χ2v) is 7.55. The third kappa shape index (κ3) is 3.75. The van der Waals surface area contributed by atoms with Crippen LogP contribution in [0.15, 0.2) is 48.5 Å². The molecule has 2 saturated heterocycles. The van der Waals surface area contributed by atoms with Crippen molar-refractivity contribution in [2.75, 3.05) is 20.2 Å². The van der Waals surface area contributed by atoms with Gasteiger partial charge in [0.15, 0.2) is 0 Å². The van der Waals surface area contributed by atoms with Crippen LogP contribution < -0.4 is 4.74 Å². The summed E-state index contributed by atoms with van der Waals surface area (Å²) in [6.07, 6.45) is 3.54. The Kier molecular flexibility index (Phi) is 5.33. The van der Waals surface area contributed by atoms with Crippen molar-refractivity contribution in [3.8, 4) is 5.75 Å². The minimum absolute atomic E-state index is 0.0629. The largest absolute Gasteiger partial charge is 0.497 e. The Bertz CT molecular complexity index is 862. The van der Waals surface area contributed by atoms with Crippen molar-refractivity contribution >= 4 is 11.8 Å². The molecule has 0 bridgehead atoms. The van der Waals surface area contributed by atoms with Gasteiger partial charge >= 0.3 is 0 Å². The number of hydrogen-bond acceptors (Lipinski definition) is 3. The number of rotatable bonds is 5. The lowest BCUT2D eigenvalue weighted by Gasteiger charge is -2.26. The van der Waals surface area contributed by atoms with Gasteiger partial charge < -0.3 is 14.5 Å². The van der Waals surface area contributed by atoms with E-state index in [2.05, 4.69) is 0 Å². The van der Waals surface area contributed by atoms with E-state index in [1.165, 1.54) is 0 Å². The molecule has 0 saturated carbocycles. The van der Waals surface area contributed by atoms with E-state index in [4.69, 9.17) is 4.74 Å². The number of hydrogen-bond donors (Lipinski definition) is 0. The van der Waals surface area contributed by atoms with Gasteiger partial charge in [0.2, 0.25) is 5.91 Å². The van der Waals surface area contributed by atoms with E-state index < -0.39 is 0 Å². The fourth-order valence-corrected chi connectivity index (χ4v) is 4.24. The minimum atomic E-state index is 0.0629. The molecule has 2 aliphatic heterocycles. The number of benzene rings is 2. The predicted octanol–water partition coefficient (Wildman–Crippen LogP) is 3.79. The summed E-state index contributed by atoms with van der Waals surface area (Å²) < 4.78 is 5.24. The number of ether oxygens (including phenoxy) is 1. The summed E-state index contributed by atoms with van der Waals surface area (Å²) in [5.41, 5.74) is 2.86. The van der Waals surface area contributed by atoms with Crippen LogP contribution in [-0.2, 0) is 11.3 Å². The summed E-state index contributed by atoms with van der Waals surface area (Å²) in [6.45, 7) is 2.16. The maximum absolute atomic E-state index is 13.2. The average Bonchev–Trinajstić information content (AvgIpc) is 3.37. The SMILES string of the molecule is COc1ccc(C2CCCN2C(=O)c2cccc(CN3CCCC3=O)c2)cc1. The van der Waals surface area contributed by atoms with E-state index in [-0.39, 0.29) is 17.9 Å². The van der Waals surface area contributed by atoms with E-state index in [0.29, 0.717) is 18.5 Å². The molecule has 2 amide bonds. The van der Waals surface area contributed by atoms with Gasteiger partial charge in [0.05, 0.1) is 13.2 Å². The molecule has 2 aromatic carbocycles. The maximum atomic E-state index is 13.2. The molecule has 2 aliphatic rings. The molecule has 0 N–H and O–H groups in total. The lowest BCUT2D eigenvalue weighted by atomic mass is 10.0. The van der Waals surface area contributed by atoms with Gasteiger partial charge in [-0.3, -0.25) is 9.59 Å². The molecule has 5 heteroatoms. The molecule has 0 spiro atoms. The van der Waals surface area contributed by atoms with E-state index in [1.807, 2.05) is 58.3 Å². The smallest absolute Gasteiger partial charge is 0.254 e. The summed E-state index contributed by atoms with van der Waals surface area (Å²) in [6, 6.07) is 15.8. The number of carbonyl (C=O) groups excluding carboxylic acids is 2. The van der Waals surface area contributed by atoms with E-state index in [9.17, 15) is 9.59 Å². The lowest BCUT2D eigenvalue weighted by Crippen LogP contribution is -2.30. The van der Waals surface area contributed by atoms with E-state index in [1.54, 1.807) is 7.11 Å². The van der Waals surface area contributed by atoms with E-state index in [0.717, 1.165) is 49.2 Å².